The zero-order valence-corrected chi connectivity index (χ0v) is 13.4. The Labute approximate surface area is 130 Å². The quantitative estimate of drug-likeness (QED) is 0.824. The van der Waals surface area contributed by atoms with Gasteiger partial charge in [-0.2, -0.15) is 0 Å². The monoisotopic (exact) mass is 326 g/mol. The zero-order chi connectivity index (χ0) is 15.6. The Kier molecular flexibility index (Phi) is 4.63. The van der Waals surface area contributed by atoms with Crippen LogP contribution in [-0.4, -0.2) is 48.8 Å². The molecule has 0 saturated carbocycles. The van der Waals surface area contributed by atoms with Gasteiger partial charge in [0.25, 0.3) is 0 Å². The highest BCUT2D eigenvalue weighted by Crippen LogP contribution is 2.23. The fraction of sp³-hybridized carbons (Fsp3) is 0.429. The number of thiocarbonyl (C=S) groups is 1. The summed E-state index contributed by atoms with van der Waals surface area (Å²) < 4.78 is 23.1. The van der Waals surface area contributed by atoms with Crippen molar-refractivity contribution < 1.29 is 13.2 Å². The molecule has 0 aliphatic carbocycles. The average Bonchev–Trinajstić information content (AvgIpc) is 2.79. The van der Waals surface area contributed by atoms with E-state index in [1.165, 1.54) is 4.90 Å². The van der Waals surface area contributed by atoms with Gasteiger partial charge in [-0.1, -0.05) is 42.5 Å². The molecule has 1 aliphatic rings. The van der Waals surface area contributed by atoms with E-state index in [0.717, 1.165) is 5.56 Å². The maximum atomic E-state index is 12.6. The summed E-state index contributed by atoms with van der Waals surface area (Å²) in [6, 6.07) is 8.75. The van der Waals surface area contributed by atoms with Crippen LogP contribution in [-0.2, 0) is 14.6 Å². The minimum absolute atomic E-state index is 0.00802. The zero-order valence-electron chi connectivity index (χ0n) is 11.7. The Morgan fingerprint density at radius 3 is 2.48 bits per heavy atom. The van der Waals surface area contributed by atoms with E-state index in [1.54, 1.807) is 19.2 Å². The summed E-state index contributed by atoms with van der Waals surface area (Å²) in [5.74, 6) is -0.836. The third-order valence-corrected chi connectivity index (χ3v) is 5.75. The number of nitrogens with two attached hydrogens (primary N) is 1. The standard InChI is InChI=1S/C14H18N2O3S2/c1-16(11-7-8-21(18,19)9-11)14(17)12(13(15)20)10-5-3-2-4-6-10/h2-6,11-12H,7-9H2,1H3,(H2,15,20). The number of sulfone groups is 1. The van der Waals surface area contributed by atoms with Crippen LogP contribution in [0, 0.1) is 0 Å². The van der Waals surface area contributed by atoms with Gasteiger partial charge in [0, 0.05) is 13.1 Å². The van der Waals surface area contributed by atoms with Crippen LogP contribution >= 0.6 is 12.2 Å². The van der Waals surface area contributed by atoms with Gasteiger partial charge < -0.3 is 10.6 Å². The molecule has 0 radical (unpaired) electrons. The Balaban J connectivity index is 2.22. The lowest BCUT2D eigenvalue weighted by Crippen LogP contribution is -2.43. The first-order valence-corrected chi connectivity index (χ1v) is 8.86. The minimum atomic E-state index is -3.04. The maximum Gasteiger partial charge on any atom is 0.237 e. The molecule has 1 heterocycles. The van der Waals surface area contributed by atoms with E-state index in [9.17, 15) is 13.2 Å². The van der Waals surface area contributed by atoms with Crippen molar-refractivity contribution in [1.29, 1.82) is 0 Å². The lowest BCUT2D eigenvalue weighted by molar-refractivity contribution is -0.131. The molecule has 2 rings (SSSR count). The number of carbonyl (C=O) groups is 1. The van der Waals surface area contributed by atoms with Crippen LogP contribution in [0.15, 0.2) is 30.3 Å². The van der Waals surface area contributed by atoms with Crippen molar-refractivity contribution in [2.24, 2.45) is 5.73 Å². The van der Waals surface area contributed by atoms with E-state index >= 15 is 0 Å². The Morgan fingerprint density at radius 1 is 1.38 bits per heavy atom. The summed E-state index contributed by atoms with van der Waals surface area (Å²) in [5.41, 5.74) is 6.45. The molecule has 2 unspecified atom stereocenters. The number of nitrogens with zero attached hydrogens (tertiary/aromatic N) is 1. The summed E-state index contributed by atoms with van der Waals surface area (Å²) in [6.45, 7) is 0. The molecular formula is C14H18N2O3S2. The first-order valence-electron chi connectivity index (χ1n) is 6.63. The van der Waals surface area contributed by atoms with E-state index in [1.807, 2.05) is 18.2 Å². The topological polar surface area (TPSA) is 80.5 Å². The second kappa shape index (κ2) is 6.11. The summed E-state index contributed by atoms with van der Waals surface area (Å²) in [5, 5.41) is 0. The van der Waals surface area contributed by atoms with E-state index < -0.39 is 15.8 Å². The van der Waals surface area contributed by atoms with Gasteiger partial charge >= 0.3 is 0 Å². The van der Waals surface area contributed by atoms with E-state index in [2.05, 4.69) is 0 Å². The van der Waals surface area contributed by atoms with Crippen molar-refractivity contribution in [2.75, 3.05) is 18.6 Å². The van der Waals surface area contributed by atoms with Gasteiger partial charge in [0.05, 0.1) is 16.5 Å². The number of carbonyl (C=O) groups excluding carboxylic acids is 1. The molecule has 0 spiro atoms. The molecule has 1 aliphatic heterocycles. The molecule has 7 heteroatoms. The summed E-state index contributed by atoms with van der Waals surface area (Å²) >= 11 is 5.03. The second-order valence-electron chi connectivity index (χ2n) is 5.25. The molecule has 1 saturated heterocycles. The highest BCUT2D eigenvalue weighted by Gasteiger charge is 2.36. The third-order valence-electron chi connectivity index (χ3n) is 3.77. The van der Waals surface area contributed by atoms with Gasteiger partial charge in [-0.25, -0.2) is 8.42 Å². The molecule has 0 aromatic heterocycles. The SMILES string of the molecule is CN(C(=O)C(C(N)=S)c1ccccc1)C1CCS(=O)(=O)C1. The van der Waals surface area contributed by atoms with Crippen molar-refractivity contribution in [1.82, 2.24) is 4.90 Å². The highest BCUT2D eigenvalue weighted by atomic mass is 32.2. The molecule has 1 aromatic carbocycles. The lowest BCUT2D eigenvalue weighted by Gasteiger charge is -2.27. The van der Waals surface area contributed by atoms with Crippen molar-refractivity contribution >= 4 is 33.0 Å². The molecule has 114 valence electrons. The van der Waals surface area contributed by atoms with Crippen LogP contribution in [0.4, 0.5) is 0 Å². The van der Waals surface area contributed by atoms with Crippen LogP contribution < -0.4 is 5.73 Å². The van der Waals surface area contributed by atoms with Crippen LogP contribution in [0.1, 0.15) is 17.9 Å². The first kappa shape index (κ1) is 15.9. The van der Waals surface area contributed by atoms with Gasteiger partial charge in [0.1, 0.15) is 5.92 Å². The number of hydrogen-bond acceptors (Lipinski definition) is 4. The van der Waals surface area contributed by atoms with Crippen molar-refractivity contribution in [3.8, 4) is 0 Å². The van der Waals surface area contributed by atoms with E-state index in [0.29, 0.717) is 6.42 Å². The smallest absolute Gasteiger partial charge is 0.237 e. The molecule has 0 bridgehead atoms. The van der Waals surface area contributed by atoms with Crippen LogP contribution in [0.25, 0.3) is 0 Å². The molecule has 1 amide bonds. The molecule has 2 atom stereocenters. The maximum absolute atomic E-state index is 12.6. The lowest BCUT2D eigenvalue weighted by atomic mass is 9.97. The number of likely N-dealkylation sites (N-methyl/N-ethyl adjacent to an activating group) is 1. The van der Waals surface area contributed by atoms with Gasteiger partial charge in [-0.3, -0.25) is 4.79 Å². The molecule has 1 aromatic rings. The van der Waals surface area contributed by atoms with E-state index in [-0.39, 0.29) is 28.4 Å². The third kappa shape index (κ3) is 3.59. The number of hydrogen-bond donors (Lipinski definition) is 1. The average molecular weight is 326 g/mol. The van der Waals surface area contributed by atoms with Crippen molar-refractivity contribution in [3.63, 3.8) is 0 Å². The van der Waals surface area contributed by atoms with Crippen LogP contribution in [0.2, 0.25) is 0 Å². The van der Waals surface area contributed by atoms with E-state index in [4.69, 9.17) is 18.0 Å². The van der Waals surface area contributed by atoms with Gasteiger partial charge in [-0.15, -0.1) is 0 Å². The largest absolute Gasteiger partial charge is 0.392 e. The molecule has 2 N–H and O–H groups in total. The van der Waals surface area contributed by atoms with Crippen LogP contribution in [0.5, 0.6) is 0 Å². The minimum Gasteiger partial charge on any atom is -0.392 e. The molecule has 5 nitrogen and oxygen atoms in total. The Morgan fingerprint density at radius 2 is 2.00 bits per heavy atom. The molecule has 21 heavy (non-hydrogen) atoms. The van der Waals surface area contributed by atoms with Crippen molar-refractivity contribution in [3.05, 3.63) is 35.9 Å². The van der Waals surface area contributed by atoms with Crippen molar-refractivity contribution in [2.45, 2.75) is 18.4 Å². The molecule has 1 fully saturated rings. The summed E-state index contributed by atoms with van der Waals surface area (Å²) in [6.07, 6.45) is 0.462. The number of rotatable bonds is 4. The first-order chi connectivity index (χ1) is 9.82. The normalized spacial score (nSPS) is 21.7. The molecular weight excluding hydrogens is 308 g/mol. The fourth-order valence-electron chi connectivity index (χ4n) is 2.54. The Bertz CT molecular complexity index is 643. The summed E-state index contributed by atoms with van der Waals surface area (Å²) in [4.78, 5) is 14.2. The Hall–Kier alpha value is -1.47. The van der Waals surface area contributed by atoms with Crippen LogP contribution in [0.3, 0.4) is 0 Å². The number of benzene rings is 1. The van der Waals surface area contributed by atoms with Gasteiger partial charge in [0.2, 0.25) is 5.91 Å². The second-order valence-corrected chi connectivity index (χ2v) is 7.95. The predicted octanol–water partition coefficient (Wildman–Crippen LogP) is 0.702. The fourth-order valence-corrected chi connectivity index (χ4v) is 4.55. The van der Waals surface area contributed by atoms with Gasteiger partial charge in [0.15, 0.2) is 9.84 Å². The highest BCUT2D eigenvalue weighted by molar-refractivity contribution is 7.91. The van der Waals surface area contributed by atoms with Gasteiger partial charge in [-0.05, 0) is 12.0 Å². The summed E-state index contributed by atoms with van der Waals surface area (Å²) in [7, 11) is -1.43. The predicted molar refractivity (Wildman–Crippen MR) is 85.8 cm³/mol. The number of amides is 1.